The summed E-state index contributed by atoms with van der Waals surface area (Å²) in [4.78, 5) is 25.1. The molecule has 0 spiro atoms. The van der Waals surface area contributed by atoms with E-state index in [-0.39, 0.29) is 17.9 Å². The zero-order valence-electron chi connectivity index (χ0n) is 12.2. The van der Waals surface area contributed by atoms with Crippen LogP contribution in [0.15, 0.2) is 6.20 Å². The third-order valence-corrected chi connectivity index (χ3v) is 3.90. The lowest BCUT2D eigenvalue weighted by Gasteiger charge is -2.30. The first-order valence-corrected chi connectivity index (χ1v) is 6.98. The van der Waals surface area contributed by atoms with Crippen molar-refractivity contribution >= 4 is 11.9 Å². The van der Waals surface area contributed by atoms with E-state index in [0.29, 0.717) is 31.5 Å². The molecule has 2 heterocycles. The highest BCUT2D eigenvalue weighted by atomic mass is 16.4. The Kier molecular flexibility index (Phi) is 4.11. The maximum atomic E-state index is 12.5. The van der Waals surface area contributed by atoms with Gasteiger partial charge in [0.1, 0.15) is 0 Å². The van der Waals surface area contributed by atoms with Crippen LogP contribution in [-0.2, 0) is 4.79 Å². The van der Waals surface area contributed by atoms with E-state index in [1.54, 1.807) is 11.1 Å². The zero-order chi connectivity index (χ0) is 14.9. The summed E-state index contributed by atoms with van der Waals surface area (Å²) in [6, 6.07) is 0.217. The molecule has 1 aromatic heterocycles. The van der Waals surface area contributed by atoms with Crippen molar-refractivity contribution in [1.29, 1.82) is 0 Å². The molecule has 0 aliphatic carbocycles. The van der Waals surface area contributed by atoms with Gasteiger partial charge in [0.05, 0.1) is 17.7 Å². The van der Waals surface area contributed by atoms with Crippen LogP contribution in [-0.4, -0.2) is 44.8 Å². The summed E-state index contributed by atoms with van der Waals surface area (Å²) in [5.74, 6) is -1.13. The highest BCUT2D eigenvalue weighted by Crippen LogP contribution is 2.21. The Balaban J connectivity index is 2.08. The number of amides is 1. The van der Waals surface area contributed by atoms with Gasteiger partial charge in [-0.1, -0.05) is 0 Å². The molecule has 110 valence electrons. The molecule has 1 fully saturated rings. The molecule has 0 unspecified atom stereocenters. The molecule has 1 aromatic rings. The number of carboxylic acids is 1. The molecule has 2 rings (SSSR count). The fraction of sp³-hybridized carbons (Fsp3) is 0.643. The fourth-order valence-corrected chi connectivity index (χ4v) is 2.65. The minimum atomic E-state index is -0.763. The monoisotopic (exact) mass is 279 g/mol. The number of piperidine rings is 1. The number of rotatable bonds is 3. The van der Waals surface area contributed by atoms with Crippen molar-refractivity contribution in [1.82, 2.24) is 14.7 Å². The van der Waals surface area contributed by atoms with Crippen LogP contribution in [0.3, 0.4) is 0 Å². The number of carbonyl (C=O) groups excluding carboxylic acids is 1. The topological polar surface area (TPSA) is 75.4 Å². The number of aliphatic carboxylic acids is 1. The predicted octanol–water partition coefficient (Wildman–Crippen LogP) is 1.71. The third kappa shape index (κ3) is 2.69. The predicted molar refractivity (Wildman–Crippen MR) is 73.6 cm³/mol. The average molecular weight is 279 g/mol. The Hall–Kier alpha value is -1.85. The van der Waals surface area contributed by atoms with Crippen molar-refractivity contribution < 1.29 is 14.7 Å². The quantitative estimate of drug-likeness (QED) is 0.914. The standard InChI is InChI=1S/C14H21N3O3/c1-9(2)17-10(3)12(8-15-17)13(18)16-6-4-11(5-7-16)14(19)20/h8-9,11H,4-7H2,1-3H3,(H,19,20). The molecule has 1 amide bonds. The van der Waals surface area contributed by atoms with Crippen LogP contribution in [0.2, 0.25) is 0 Å². The molecular formula is C14H21N3O3. The number of likely N-dealkylation sites (tertiary alicyclic amines) is 1. The minimum absolute atomic E-state index is 0.0433. The second-order valence-electron chi connectivity index (χ2n) is 5.59. The highest BCUT2D eigenvalue weighted by molar-refractivity contribution is 5.95. The first-order valence-electron chi connectivity index (χ1n) is 6.98. The molecule has 0 saturated carbocycles. The van der Waals surface area contributed by atoms with Gasteiger partial charge < -0.3 is 10.0 Å². The second-order valence-corrected chi connectivity index (χ2v) is 5.59. The lowest BCUT2D eigenvalue weighted by molar-refractivity contribution is -0.143. The van der Waals surface area contributed by atoms with E-state index >= 15 is 0 Å². The fourth-order valence-electron chi connectivity index (χ4n) is 2.65. The molecule has 6 heteroatoms. The number of hydrogen-bond donors (Lipinski definition) is 1. The molecular weight excluding hydrogens is 258 g/mol. The number of hydrogen-bond acceptors (Lipinski definition) is 3. The lowest BCUT2D eigenvalue weighted by atomic mass is 9.96. The summed E-state index contributed by atoms with van der Waals surface area (Å²) in [7, 11) is 0. The number of aromatic nitrogens is 2. The van der Waals surface area contributed by atoms with Crippen LogP contribution in [0, 0.1) is 12.8 Å². The van der Waals surface area contributed by atoms with Crippen molar-refractivity contribution in [3.05, 3.63) is 17.5 Å². The third-order valence-electron chi connectivity index (χ3n) is 3.90. The normalized spacial score (nSPS) is 16.7. The van der Waals surface area contributed by atoms with E-state index in [1.165, 1.54) is 0 Å². The molecule has 0 aromatic carbocycles. The van der Waals surface area contributed by atoms with Gasteiger partial charge in [0.25, 0.3) is 5.91 Å². The second kappa shape index (κ2) is 5.64. The molecule has 6 nitrogen and oxygen atoms in total. The Labute approximate surface area is 118 Å². The zero-order valence-corrected chi connectivity index (χ0v) is 12.2. The number of carbonyl (C=O) groups is 2. The smallest absolute Gasteiger partial charge is 0.306 e. The molecule has 1 aliphatic rings. The summed E-state index contributed by atoms with van der Waals surface area (Å²) in [5, 5.41) is 13.2. The van der Waals surface area contributed by atoms with Gasteiger partial charge in [0, 0.05) is 24.8 Å². The summed E-state index contributed by atoms with van der Waals surface area (Å²) >= 11 is 0. The number of nitrogens with zero attached hydrogens (tertiary/aromatic N) is 3. The van der Waals surface area contributed by atoms with Crippen molar-refractivity contribution in [2.75, 3.05) is 13.1 Å². The van der Waals surface area contributed by atoms with Gasteiger partial charge in [-0.3, -0.25) is 14.3 Å². The number of carboxylic acid groups (broad SMARTS) is 1. The molecule has 0 atom stereocenters. The average Bonchev–Trinajstić information content (AvgIpc) is 2.80. The Bertz CT molecular complexity index is 514. The Morgan fingerprint density at radius 2 is 1.95 bits per heavy atom. The summed E-state index contributed by atoms with van der Waals surface area (Å²) in [6.45, 7) is 6.94. The summed E-state index contributed by atoms with van der Waals surface area (Å²) < 4.78 is 1.83. The van der Waals surface area contributed by atoms with Gasteiger partial charge in [0.2, 0.25) is 0 Å². The minimum Gasteiger partial charge on any atom is -0.481 e. The SMILES string of the molecule is Cc1c(C(=O)N2CCC(C(=O)O)CC2)cnn1C(C)C. The molecule has 1 N–H and O–H groups in total. The molecule has 1 saturated heterocycles. The van der Waals surface area contributed by atoms with E-state index in [9.17, 15) is 9.59 Å². The van der Waals surface area contributed by atoms with E-state index in [0.717, 1.165) is 5.69 Å². The Morgan fingerprint density at radius 3 is 2.40 bits per heavy atom. The lowest BCUT2D eigenvalue weighted by Crippen LogP contribution is -2.40. The van der Waals surface area contributed by atoms with E-state index in [1.807, 2.05) is 25.5 Å². The van der Waals surface area contributed by atoms with E-state index in [2.05, 4.69) is 5.10 Å². The maximum Gasteiger partial charge on any atom is 0.306 e. The van der Waals surface area contributed by atoms with Gasteiger partial charge in [-0.15, -0.1) is 0 Å². The van der Waals surface area contributed by atoms with Gasteiger partial charge in [0.15, 0.2) is 0 Å². The highest BCUT2D eigenvalue weighted by Gasteiger charge is 2.29. The molecule has 0 bridgehead atoms. The van der Waals surface area contributed by atoms with Crippen molar-refractivity contribution in [3.63, 3.8) is 0 Å². The van der Waals surface area contributed by atoms with E-state index < -0.39 is 5.97 Å². The molecule has 20 heavy (non-hydrogen) atoms. The molecule has 0 radical (unpaired) electrons. The van der Waals surface area contributed by atoms with Crippen molar-refractivity contribution in [2.24, 2.45) is 5.92 Å². The van der Waals surface area contributed by atoms with Crippen LogP contribution >= 0.6 is 0 Å². The maximum absolute atomic E-state index is 12.5. The van der Waals surface area contributed by atoms with Gasteiger partial charge in [-0.2, -0.15) is 5.10 Å². The van der Waals surface area contributed by atoms with Crippen LogP contribution < -0.4 is 0 Å². The molecule has 1 aliphatic heterocycles. The van der Waals surface area contributed by atoms with Crippen LogP contribution in [0.1, 0.15) is 48.8 Å². The van der Waals surface area contributed by atoms with Gasteiger partial charge in [-0.25, -0.2) is 0 Å². The van der Waals surface area contributed by atoms with Crippen LogP contribution in [0.5, 0.6) is 0 Å². The first-order chi connectivity index (χ1) is 9.41. The van der Waals surface area contributed by atoms with E-state index in [4.69, 9.17) is 5.11 Å². The van der Waals surface area contributed by atoms with Gasteiger partial charge >= 0.3 is 5.97 Å². The first kappa shape index (κ1) is 14.6. The summed E-state index contributed by atoms with van der Waals surface area (Å²) in [5.41, 5.74) is 1.48. The Morgan fingerprint density at radius 1 is 1.35 bits per heavy atom. The van der Waals surface area contributed by atoms with Gasteiger partial charge in [-0.05, 0) is 33.6 Å². The van der Waals surface area contributed by atoms with Crippen LogP contribution in [0.25, 0.3) is 0 Å². The van der Waals surface area contributed by atoms with Crippen molar-refractivity contribution in [3.8, 4) is 0 Å². The summed E-state index contributed by atoms with van der Waals surface area (Å²) in [6.07, 6.45) is 2.66. The van der Waals surface area contributed by atoms with Crippen molar-refractivity contribution in [2.45, 2.75) is 39.7 Å². The largest absolute Gasteiger partial charge is 0.481 e. The van der Waals surface area contributed by atoms with Crippen LogP contribution in [0.4, 0.5) is 0 Å².